The summed E-state index contributed by atoms with van der Waals surface area (Å²) in [6.07, 6.45) is 2.15. The topological polar surface area (TPSA) is 30.5 Å². The third kappa shape index (κ3) is 2.67. The Kier molecular flexibility index (Phi) is 4.04. The van der Waals surface area contributed by atoms with Crippen molar-refractivity contribution in [3.63, 3.8) is 0 Å². The van der Waals surface area contributed by atoms with E-state index in [2.05, 4.69) is 5.32 Å². The molecule has 0 amide bonds. The fourth-order valence-corrected chi connectivity index (χ4v) is 2.13. The lowest BCUT2D eigenvalue weighted by Gasteiger charge is -2.17. The van der Waals surface area contributed by atoms with E-state index in [0.717, 1.165) is 35.7 Å². The van der Waals surface area contributed by atoms with E-state index in [0.29, 0.717) is 6.79 Å². The summed E-state index contributed by atoms with van der Waals surface area (Å²) in [7, 11) is 1.63. The monoisotopic (exact) mass is 241 g/mol. The van der Waals surface area contributed by atoms with E-state index in [1.54, 1.807) is 7.11 Å². The molecule has 1 aliphatic heterocycles. The second-order valence-electron chi connectivity index (χ2n) is 3.86. The van der Waals surface area contributed by atoms with Gasteiger partial charge in [0, 0.05) is 29.9 Å². The maximum Gasteiger partial charge on any atom is 0.147 e. The number of nitrogens with one attached hydrogen (secondary N) is 1. The van der Waals surface area contributed by atoms with E-state index in [-0.39, 0.29) is 6.10 Å². The van der Waals surface area contributed by atoms with Crippen molar-refractivity contribution in [2.75, 3.05) is 25.8 Å². The number of fused-ring (bicyclic) bond motifs is 1. The first kappa shape index (κ1) is 11.7. The second-order valence-corrected chi connectivity index (χ2v) is 4.30. The number of hydrogen-bond donors (Lipinski definition) is 1. The first-order valence-corrected chi connectivity index (χ1v) is 5.83. The van der Waals surface area contributed by atoms with Gasteiger partial charge in [0.1, 0.15) is 6.79 Å². The lowest BCUT2D eigenvalue weighted by atomic mass is 10.0. The van der Waals surface area contributed by atoms with Crippen molar-refractivity contribution in [1.29, 1.82) is 0 Å². The minimum absolute atomic E-state index is 0.0728. The number of hydrogen-bond acceptors (Lipinski definition) is 3. The lowest BCUT2D eigenvalue weighted by molar-refractivity contribution is -0.0753. The van der Waals surface area contributed by atoms with Gasteiger partial charge < -0.3 is 14.8 Å². The van der Waals surface area contributed by atoms with E-state index in [4.69, 9.17) is 21.1 Å². The van der Waals surface area contributed by atoms with Gasteiger partial charge in [0.15, 0.2) is 0 Å². The van der Waals surface area contributed by atoms with Crippen molar-refractivity contribution < 1.29 is 9.47 Å². The van der Waals surface area contributed by atoms with Crippen molar-refractivity contribution in [1.82, 2.24) is 0 Å². The van der Waals surface area contributed by atoms with Crippen LogP contribution >= 0.6 is 11.6 Å². The molecule has 1 N–H and O–H groups in total. The van der Waals surface area contributed by atoms with Gasteiger partial charge in [-0.25, -0.2) is 0 Å². The fraction of sp³-hybridized carbons (Fsp3) is 0.500. The van der Waals surface area contributed by atoms with Gasteiger partial charge in [-0.05, 0) is 31.0 Å². The Morgan fingerprint density at radius 2 is 2.38 bits per heavy atom. The zero-order chi connectivity index (χ0) is 11.4. The van der Waals surface area contributed by atoms with Gasteiger partial charge in [0.2, 0.25) is 0 Å². The Bertz CT molecular complexity index is 357. The molecule has 1 aromatic carbocycles. The van der Waals surface area contributed by atoms with Crippen LogP contribution < -0.4 is 5.32 Å². The standard InChI is InChI=1S/C12H16ClNO2/c1-15-8-16-12-3-2-6-14-11-5-4-9(13)7-10(11)12/h4-5,7,12,14H,2-3,6,8H2,1H3. The zero-order valence-corrected chi connectivity index (χ0v) is 10.1. The van der Waals surface area contributed by atoms with Crippen LogP contribution in [-0.2, 0) is 9.47 Å². The average molecular weight is 242 g/mol. The van der Waals surface area contributed by atoms with Crippen LogP contribution in [0.4, 0.5) is 5.69 Å². The minimum Gasteiger partial charge on any atom is -0.385 e. The average Bonchev–Trinajstić information content (AvgIpc) is 2.48. The van der Waals surface area contributed by atoms with Gasteiger partial charge in [-0.1, -0.05) is 11.6 Å². The Hall–Kier alpha value is -0.770. The normalized spacial score (nSPS) is 19.8. The third-order valence-electron chi connectivity index (χ3n) is 2.71. The summed E-state index contributed by atoms with van der Waals surface area (Å²) in [6, 6.07) is 5.87. The molecule has 4 heteroatoms. The molecule has 0 aromatic heterocycles. The molecule has 0 spiro atoms. The van der Waals surface area contributed by atoms with Crippen LogP contribution in [0.25, 0.3) is 0 Å². The van der Waals surface area contributed by atoms with Gasteiger partial charge in [0.25, 0.3) is 0 Å². The van der Waals surface area contributed by atoms with Crippen LogP contribution in [0.15, 0.2) is 18.2 Å². The Morgan fingerprint density at radius 3 is 3.19 bits per heavy atom. The Morgan fingerprint density at radius 1 is 1.50 bits per heavy atom. The summed E-state index contributed by atoms with van der Waals surface area (Å²) in [6.45, 7) is 1.29. The number of benzene rings is 1. The van der Waals surface area contributed by atoms with E-state index in [9.17, 15) is 0 Å². The first-order chi connectivity index (χ1) is 7.81. The summed E-state index contributed by atoms with van der Waals surface area (Å²) in [5.74, 6) is 0. The lowest BCUT2D eigenvalue weighted by Crippen LogP contribution is -2.06. The number of halogens is 1. The maximum atomic E-state index is 6.01. The van der Waals surface area contributed by atoms with Crippen molar-refractivity contribution in [2.45, 2.75) is 18.9 Å². The molecule has 1 atom stereocenters. The van der Waals surface area contributed by atoms with Gasteiger partial charge in [0.05, 0.1) is 6.10 Å². The fourth-order valence-electron chi connectivity index (χ4n) is 1.95. The summed E-state index contributed by atoms with van der Waals surface area (Å²) >= 11 is 6.01. The summed E-state index contributed by atoms with van der Waals surface area (Å²) in [5, 5.41) is 4.12. The minimum atomic E-state index is 0.0728. The molecule has 0 aliphatic carbocycles. The predicted octanol–water partition coefficient (Wildman–Crippen LogP) is 3.21. The highest BCUT2D eigenvalue weighted by Crippen LogP contribution is 2.33. The van der Waals surface area contributed by atoms with Crippen molar-refractivity contribution >= 4 is 17.3 Å². The van der Waals surface area contributed by atoms with E-state index < -0.39 is 0 Å². The van der Waals surface area contributed by atoms with Crippen molar-refractivity contribution in [3.8, 4) is 0 Å². The molecule has 88 valence electrons. The van der Waals surface area contributed by atoms with Gasteiger partial charge in [-0.15, -0.1) is 0 Å². The van der Waals surface area contributed by atoms with Crippen LogP contribution in [0, 0.1) is 0 Å². The van der Waals surface area contributed by atoms with Gasteiger partial charge >= 0.3 is 0 Å². The molecule has 2 rings (SSSR count). The molecule has 0 fully saturated rings. The molecule has 0 bridgehead atoms. The molecule has 0 saturated carbocycles. The van der Waals surface area contributed by atoms with E-state index in [1.165, 1.54) is 0 Å². The predicted molar refractivity (Wildman–Crippen MR) is 64.9 cm³/mol. The third-order valence-corrected chi connectivity index (χ3v) is 2.94. The number of rotatable bonds is 3. The molecule has 1 unspecified atom stereocenters. The smallest absolute Gasteiger partial charge is 0.147 e. The zero-order valence-electron chi connectivity index (χ0n) is 9.33. The molecular formula is C12H16ClNO2. The van der Waals surface area contributed by atoms with E-state index in [1.807, 2.05) is 18.2 Å². The quantitative estimate of drug-likeness (QED) is 0.825. The molecular weight excluding hydrogens is 226 g/mol. The molecule has 1 heterocycles. The highest BCUT2D eigenvalue weighted by molar-refractivity contribution is 6.30. The molecule has 0 radical (unpaired) electrons. The highest BCUT2D eigenvalue weighted by Gasteiger charge is 2.19. The van der Waals surface area contributed by atoms with Crippen LogP contribution in [-0.4, -0.2) is 20.4 Å². The molecule has 1 aromatic rings. The van der Waals surface area contributed by atoms with Crippen LogP contribution in [0.2, 0.25) is 5.02 Å². The van der Waals surface area contributed by atoms with Crippen LogP contribution in [0.1, 0.15) is 24.5 Å². The number of anilines is 1. The van der Waals surface area contributed by atoms with Crippen LogP contribution in [0.3, 0.4) is 0 Å². The molecule has 0 saturated heterocycles. The maximum absolute atomic E-state index is 6.01. The molecule has 1 aliphatic rings. The molecule has 16 heavy (non-hydrogen) atoms. The highest BCUT2D eigenvalue weighted by atomic mass is 35.5. The van der Waals surface area contributed by atoms with Gasteiger partial charge in [-0.2, -0.15) is 0 Å². The molecule has 3 nitrogen and oxygen atoms in total. The largest absolute Gasteiger partial charge is 0.385 e. The summed E-state index contributed by atoms with van der Waals surface area (Å²) in [5.41, 5.74) is 2.24. The summed E-state index contributed by atoms with van der Waals surface area (Å²) < 4.78 is 10.6. The first-order valence-electron chi connectivity index (χ1n) is 5.45. The Balaban J connectivity index is 2.24. The van der Waals surface area contributed by atoms with E-state index >= 15 is 0 Å². The van der Waals surface area contributed by atoms with Crippen molar-refractivity contribution in [2.24, 2.45) is 0 Å². The Labute approximate surface area is 101 Å². The van der Waals surface area contributed by atoms with Crippen LogP contribution in [0.5, 0.6) is 0 Å². The number of methoxy groups -OCH3 is 1. The van der Waals surface area contributed by atoms with Gasteiger partial charge in [-0.3, -0.25) is 0 Å². The van der Waals surface area contributed by atoms with Crippen molar-refractivity contribution in [3.05, 3.63) is 28.8 Å². The number of ether oxygens (including phenoxy) is 2. The second kappa shape index (κ2) is 5.53. The summed E-state index contributed by atoms with van der Waals surface area (Å²) in [4.78, 5) is 0. The SMILES string of the molecule is COCOC1CCCNc2ccc(Cl)cc21.